The topological polar surface area (TPSA) is 60.7 Å². The predicted molar refractivity (Wildman–Crippen MR) is 111 cm³/mol. The van der Waals surface area contributed by atoms with E-state index in [1.165, 1.54) is 22.7 Å². The Kier molecular flexibility index (Phi) is 5.11. The number of benzene rings is 1. The number of rotatable bonds is 4. The summed E-state index contributed by atoms with van der Waals surface area (Å²) >= 11 is 2.84. The third-order valence-corrected chi connectivity index (χ3v) is 6.33. The summed E-state index contributed by atoms with van der Waals surface area (Å²) in [5.74, 6) is -0.431. The quantitative estimate of drug-likeness (QED) is 0.622. The number of aromatic nitrogens is 1. The zero-order chi connectivity index (χ0) is 19.7. The van der Waals surface area contributed by atoms with Crippen LogP contribution in [0.2, 0.25) is 0 Å². The number of carbonyl (C=O) groups excluding carboxylic acids is 1. The second kappa shape index (κ2) is 7.69. The molecule has 3 aromatic rings. The number of allylic oxidation sites excluding steroid dienone is 1. The zero-order valence-electron chi connectivity index (χ0n) is 15.4. The summed E-state index contributed by atoms with van der Waals surface area (Å²) < 4.78 is 7.47. The fraction of sp³-hybridized carbons (Fsp3) is 0.190. The first kappa shape index (κ1) is 18.6. The smallest absolute Gasteiger partial charge is 0.338 e. The summed E-state index contributed by atoms with van der Waals surface area (Å²) in [5.41, 5.74) is 1.80. The van der Waals surface area contributed by atoms with Crippen LogP contribution < -0.4 is 14.9 Å². The first-order chi connectivity index (χ1) is 13.6. The Morgan fingerprint density at radius 1 is 1.25 bits per heavy atom. The summed E-state index contributed by atoms with van der Waals surface area (Å²) in [6.45, 7) is 3.83. The van der Waals surface area contributed by atoms with E-state index in [0.29, 0.717) is 20.6 Å². The molecule has 7 heteroatoms. The molecule has 3 heterocycles. The fourth-order valence-electron chi connectivity index (χ4n) is 3.21. The van der Waals surface area contributed by atoms with Gasteiger partial charge >= 0.3 is 5.97 Å². The maximum absolute atomic E-state index is 13.3. The Balaban J connectivity index is 1.95. The highest BCUT2D eigenvalue weighted by molar-refractivity contribution is 7.10. The first-order valence-corrected chi connectivity index (χ1v) is 10.6. The van der Waals surface area contributed by atoms with Gasteiger partial charge < -0.3 is 4.74 Å². The van der Waals surface area contributed by atoms with E-state index in [1.807, 2.05) is 53.9 Å². The maximum atomic E-state index is 13.3. The highest BCUT2D eigenvalue weighted by Crippen LogP contribution is 2.33. The standard InChI is InChI=1S/C21H18N2O3S2/c1-3-26-20(25)17-13(2)22-21-23(18(17)15-10-7-11-27-15)19(24)16(28-21)12-14-8-5-4-6-9-14/h4-12,18H,3H2,1-2H3/b16-12+/t18-/m0/s1. The van der Waals surface area contributed by atoms with Gasteiger partial charge in [0.15, 0.2) is 4.80 Å². The second-order valence-electron chi connectivity index (χ2n) is 6.23. The normalized spacial score (nSPS) is 16.6. The van der Waals surface area contributed by atoms with Crippen LogP contribution in [-0.2, 0) is 9.53 Å². The lowest BCUT2D eigenvalue weighted by molar-refractivity contribution is -0.139. The van der Waals surface area contributed by atoms with Gasteiger partial charge in [0.2, 0.25) is 0 Å². The summed E-state index contributed by atoms with van der Waals surface area (Å²) in [7, 11) is 0. The Hall–Kier alpha value is -2.77. The van der Waals surface area contributed by atoms with Gasteiger partial charge in [0.1, 0.15) is 6.04 Å². The Morgan fingerprint density at radius 3 is 2.71 bits per heavy atom. The van der Waals surface area contributed by atoms with Crippen molar-refractivity contribution in [2.75, 3.05) is 6.61 Å². The van der Waals surface area contributed by atoms with Crippen molar-refractivity contribution in [3.63, 3.8) is 0 Å². The van der Waals surface area contributed by atoms with Gasteiger partial charge in [-0.3, -0.25) is 9.36 Å². The minimum atomic E-state index is -0.520. The molecule has 0 fully saturated rings. The van der Waals surface area contributed by atoms with Crippen molar-refractivity contribution in [3.8, 4) is 0 Å². The van der Waals surface area contributed by atoms with Gasteiger partial charge in [-0.15, -0.1) is 11.3 Å². The number of esters is 1. The molecule has 142 valence electrons. The van der Waals surface area contributed by atoms with Crippen molar-refractivity contribution >= 4 is 34.7 Å². The third kappa shape index (κ3) is 3.27. The van der Waals surface area contributed by atoms with Gasteiger partial charge in [-0.2, -0.15) is 0 Å². The van der Waals surface area contributed by atoms with E-state index in [1.54, 1.807) is 18.4 Å². The number of thiophene rings is 1. The number of carbonyl (C=O) groups is 1. The van der Waals surface area contributed by atoms with Crippen molar-refractivity contribution < 1.29 is 9.53 Å². The molecule has 1 aliphatic rings. The molecule has 0 aliphatic carbocycles. The number of ether oxygens (including phenoxy) is 1. The van der Waals surface area contributed by atoms with Crippen molar-refractivity contribution in [3.05, 3.63) is 89.2 Å². The van der Waals surface area contributed by atoms with Crippen molar-refractivity contribution in [1.82, 2.24) is 4.57 Å². The van der Waals surface area contributed by atoms with Gasteiger partial charge in [-0.05, 0) is 36.9 Å². The molecule has 0 radical (unpaired) electrons. The average molecular weight is 411 g/mol. The summed E-state index contributed by atoms with van der Waals surface area (Å²) in [6.07, 6.45) is 1.86. The molecule has 28 heavy (non-hydrogen) atoms. The molecular weight excluding hydrogens is 392 g/mol. The summed E-state index contributed by atoms with van der Waals surface area (Å²) in [4.78, 5) is 32.0. The van der Waals surface area contributed by atoms with Crippen LogP contribution in [0.4, 0.5) is 0 Å². The molecule has 0 spiro atoms. The molecule has 0 saturated heterocycles. The van der Waals surface area contributed by atoms with Crippen LogP contribution in [0.25, 0.3) is 6.08 Å². The molecule has 0 bridgehead atoms. The number of hydrogen-bond acceptors (Lipinski definition) is 6. The van der Waals surface area contributed by atoms with E-state index >= 15 is 0 Å². The largest absolute Gasteiger partial charge is 0.463 e. The van der Waals surface area contributed by atoms with E-state index in [2.05, 4.69) is 4.99 Å². The third-order valence-electron chi connectivity index (χ3n) is 4.43. The molecule has 0 saturated carbocycles. The Bertz CT molecular complexity index is 1220. The van der Waals surface area contributed by atoms with E-state index in [9.17, 15) is 9.59 Å². The molecular formula is C21H18N2O3S2. The monoisotopic (exact) mass is 410 g/mol. The molecule has 0 amide bonds. The maximum Gasteiger partial charge on any atom is 0.338 e. The van der Waals surface area contributed by atoms with Gasteiger partial charge in [-0.25, -0.2) is 9.79 Å². The molecule has 1 aliphatic heterocycles. The van der Waals surface area contributed by atoms with Crippen LogP contribution in [-0.4, -0.2) is 17.1 Å². The van der Waals surface area contributed by atoms with Crippen LogP contribution in [0.3, 0.4) is 0 Å². The van der Waals surface area contributed by atoms with E-state index < -0.39 is 12.0 Å². The Labute approximate surface area is 169 Å². The van der Waals surface area contributed by atoms with Crippen LogP contribution in [0.5, 0.6) is 0 Å². The SMILES string of the molecule is CCOC(=O)C1=C(C)N=c2s/c(=C/c3ccccc3)c(=O)n2[C@H]1c1cccs1. The van der Waals surface area contributed by atoms with Crippen LogP contribution >= 0.6 is 22.7 Å². The van der Waals surface area contributed by atoms with Gasteiger partial charge in [-0.1, -0.05) is 47.7 Å². The minimum Gasteiger partial charge on any atom is -0.463 e. The second-order valence-corrected chi connectivity index (χ2v) is 8.22. The lowest BCUT2D eigenvalue weighted by Crippen LogP contribution is -2.39. The van der Waals surface area contributed by atoms with Crippen LogP contribution in [0.1, 0.15) is 30.3 Å². The molecule has 1 aromatic carbocycles. The van der Waals surface area contributed by atoms with Gasteiger partial charge in [0.05, 0.1) is 22.4 Å². The van der Waals surface area contributed by atoms with Gasteiger partial charge in [0, 0.05) is 4.88 Å². The average Bonchev–Trinajstić information content (AvgIpc) is 3.31. The number of fused-ring (bicyclic) bond motifs is 1. The molecule has 4 rings (SSSR count). The number of hydrogen-bond donors (Lipinski definition) is 0. The number of thiazole rings is 1. The first-order valence-electron chi connectivity index (χ1n) is 8.88. The lowest BCUT2D eigenvalue weighted by atomic mass is 10.0. The van der Waals surface area contributed by atoms with Crippen molar-refractivity contribution in [2.45, 2.75) is 19.9 Å². The van der Waals surface area contributed by atoms with Gasteiger partial charge in [0.25, 0.3) is 5.56 Å². The molecule has 0 unspecified atom stereocenters. The predicted octanol–water partition coefficient (Wildman–Crippen LogP) is 2.86. The van der Waals surface area contributed by atoms with Crippen LogP contribution in [0.15, 0.2) is 68.9 Å². The highest BCUT2D eigenvalue weighted by Gasteiger charge is 2.33. The van der Waals surface area contributed by atoms with E-state index in [0.717, 1.165) is 10.4 Å². The molecule has 1 atom stereocenters. The van der Waals surface area contributed by atoms with E-state index in [-0.39, 0.29) is 12.2 Å². The molecule has 5 nitrogen and oxygen atoms in total. The zero-order valence-corrected chi connectivity index (χ0v) is 17.0. The minimum absolute atomic E-state index is 0.152. The highest BCUT2D eigenvalue weighted by atomic mass is 32.1. The fourth-order valence-corrected chi connectivity index (χ4v) is 5.08. The summed E-state index contributed by atoms with van der Waals surface area (Å²) in [6, 6.07) is 13.0. The van der Waals surface area contributed by atoms with E-state index in [4.69, 9.17) is 4.74 Å². The Morgan fingerprint density at radius 2 is 2.04 bits per heavy atom. The molecule has 2 aromatic heterocycles. The van der Waals surface area contributed by atoms with Crippen LogP contribution in [0, 0.1) is 0 Å². The number of nitrogens with zero attached hydrogens (tertiary/aromatic N) is 2. The van der Waals surface area contributed by atoms with Crippen molar-refractivity contribution in [1.29, 1.82) is 0 Å². The summed E-state index contributed by atoms with van der Waals surface area (Å²) in [5, 5.41) is 1.94. The molecule has 0 N–H and O–H groups in total. The lowest BCUT2D eigenvalue weighted by Gasteiger charge is -2.23. The van der Waals surface area contributed by atoms with Crippen molar-refractivity contribution in [2.24, 2.45) is 4.99 Å².